The molecular weight excluding hydrogens is 404 g/mol. The lowest BCUT2D eigenvalue weighted by Crippen LogP contribution is -2.56. The number of halogens is 1. The second-order valence-electron chi connectivity index (χ2n) is 7.61. The maximum atomic E-state index is 13.0. The number of hydrogen-bond acceptors (Lipinski definition) is 5. The summed E-state index contributed by atoms with van der Waals surface area (Å²) >= 11 is 5.72. The van der Waals surface area contributed by atoms with E-state index >= 15 is 0 Å². The van der Waals surface area contributed by atoms with Crippen molar-refractivity contribution < 1.29 is 14.4 Å². The van der Waals surface area contributed by atoms with Crippen LogP contribution in [-0.4, -0.2) is 48.1 Å². The average Bonchev–Trinajstić information content (AvgIpc) is 2.76. The molecule has 8 heteroatoms. The number of nitrogens with one attached hydrogen (secondary N) is 2. The smallest absolute Gasteiger partial charge is 0.243 e. The molecule has 0 aromatic heterocycles. The Morgan fingerprint density at radius 1 is 1.03 bits per heavy atom. The third kappa shape index (κ3) is 8.81. The molecule has 168 valence electrons. The minimum absolute atomic E-state index is 0.0210. The third-order valence-corrected chi connectivity index (χ3v) is 5.52. The van der Waals surface area contributed by atoms with Gasteiger partial charge >= 0.3 is 0 Å². The zero-order chi connectivity index (χ0) is 22.5. The molecule has 0 heterocycles. The molecule has 4 atom stereocenters. The second-order valence-corrected chi connectivity index (χ2v) is 7.88. The van der Waals surface area contributed by atoms with Crippen LogP contribution in [0.1, 0.15) is 45.1 Å². The number of ketones is 1. The zero-order valence-corrected chi connectivity index (χ0v) is 18.7. The van der Waals surface area contributed by atoms with Crippen LogP contribution < -0.4 is 22.1 Å². The molecule has 4 unspecified atom stereocenters. The number of Topliss-reactive ketones (excluding diaryl/α,β-unsaturated/α-hetero) is 1. The lowest BCUT2D eigenvalue weighted by atomic mass is 9.98. The standard InChI is InChI=1S/C22H35ClN4O3/c1-3-15(2)20(25)22(30)27-18(13-16-9-5-4-6-10-16)21(29)26-17(19(28)14-23)11-7-8-12-24/h4-6,9-10,15,17-18,20H,3,7-8,11-14,24-25H2,1-2H3,(H,26,29)(H,27,30). The van der Waals surface area contributed by atoms with Gasteiger partial charge in [0.1, 0.15) is 6.04 Å². The Morgan fingerprint density at radius 3 is 2.23 bits per heavy atom. The molecule has 0 bridgehead atoms. The lowest BCUT2D eigenvalue weighted by Gasteiger charge is -2.25. The highest BCUT2D eigenvalue weighted by molar-refractivity contribution is 6.28. The summed E-state index contributed by atoms with van der Waals surface area (Å²) in [5.41, 5.74) is 12.4. The van der Waals surface area contributed by atoms with Gasteiger partial charge in [0.25, 0.3) is 0 Å². The van der Waals surface area contributed by atoms with Crippen LogP contribution in [0.5, 0.6) is 0 Å². The fraction of sp³-hybridized carbons (Fsp3) is 0.591. The van der Waals surface area contributed by atoms with Crippen LogP contribution in [0.4, 0.5) is 0 Å². The molecular formula is C22H35ClN4O3. The van der Waals surface area contributed by atoms with Gasteiger partial charge < -0.3 is 22.1 Å². The van der Waals surface area contributed by atoms with Crippen molar-refractivity contribution in [1.29, 1.82) is 0 Å². The van der Waals surface area contributed by atoms with Crippen molar-refractivity contribution in [1.82, 2.24) is 10.6 Å². The number of carbonyl (C=O) groups is 3. The largest absolute Gasteiger partial charge is 0.344 e. The van der Waals surface area contributed by atoms with E-state index < -0.39 is 24.0 Å². The summed E-state index contributed by atoms with van der Waals surface area (Å²) in [5, 5.41) is 5.53. The molecule has 0 saturated carbocycles. The molecule has 0 aliphatic heterocycles. The molecule has 0 aliphatic carbocycles. The molecule has 0 saturated heterocycles. The van der Waals surface area contributed by atoms with E-state index in [1.165, 1.54) is 0 Å². The van der Waals surface area contributed by atoms with Crippen molar-refractivity contribution in [2.75, 3.05) is 12.4 Å². The fourth-order valence-corrected chi connectivity index (χ4v) is 3.20. The number of hydrogen-bond donors (Lipinski definition) is 4. The van der Waals surface area contributed by atoms with Gasteiger partial charge in [-0.3, -0.25) is 14.4 Å². The van der Waals surface area contributed by atoms with Crippen molar-refractivity contribution in [3.63, 3.8) is 0 Å². The summed E-state index contributed by atoms with van der Waals surface area (Å²) < 4.78 is 0. The quantitative estimate of drug-likeness (QED) is 0.258. The summed E-state index contributed by atoms with van der Waals surface area (Å²) in [4.78, 5) is 37.8. The maximum absolute atomic E-state index is 13.0. The van der Waals surface area contributed by atoms with Crippen LogP contribution in [0, 0.1) is 5.92 Å². The van der Waals surface area contributed by atoms with Crippen molar-refractivity contribution >= 4 is 29.2 Å². The van der Waals surface area contributed by atoms with E-state index in [9.17, 15) is 14.4 Å². The van der Waals surface area contributed by atoms with Crippen LogP contribution in [0.15, 0.2) is 30.3 Å². The molecule has 6 N–H and O–H groups in total. The number of benzene rings is 1. The van der Waals surface area contributed by atoms with Gasteiger partial charge in [-0.25, -0.2) is 0 Å². The number of carbonyl (C=O) groups excluding carboxylic acids is 3. The Kier molecular flexibility index (Phi) is 12.3. The van der Waals surface area contributed by atoms with E-state index in [2.05, 4.69) is 10.6 Å². The summed E-state index contributed by atoms with van der Waals surface area (Å²) in [6, 6.07) is 7.09. The first-order chi connectivity index (χ1) is 14.3. The molecule has 1 aromatic rings. The van der Waals surface area contributed by atoms with E-state index in [1.807, 2.05) is 44.2 Å². The molecule has 7 nitrogen and oxygen atoms in total. The fourth-order valence-electron chi connectivity index (χ4n) is 3.01. The number of alkyl halides is 1. The van der Waals surface area contributed by atoms with Crippen molar-refractivity contribution in [2.24, 2.45) is 17.4 Å². The minimum atomic E-state index is -0.852. The van der Waals surface area contributed by atoms with Gasteiger partial charge in [-0.1, -0.05) is 50.6 Å². The molecule has 0 fully saturated rings. The molecule has 0 spiro atoms. The summed E-state index contributed by atoms with van der Waals surface area (Å²) in [7, 11) is 0. The molecule has 2 amide bonds. The Balaban J connectivity index is 2.95. The third-order valence-electron chi connectivity index (χ3n) is 5.26. The van der Waals surface area contributed by atoms with E-state index in [1.54, 1.807) is 0 Å². The molecule has 1 aromatic carbocycles. The zero-order valence-electron chi connectivity index (χ0n) is 17.9. The van der Waals surface area contributed by atoms with Gasteiger partial charge in [0.05, 0.1) is 18.0 Å². The Hall–Kier alpha value is -1.96. The minimum Gasteiger partial charge on any atom is -0.344 e. The Labute approximate surface area is 184 Å². The topological polar surface area (TPSA) is 127 Å². The van der Waals surface area contributed by atoms with Gasteiger partial charge in [0.2, 0.25) is 11.8 Å². The van der Waals surface area contributed by atoms with Gasteiger partial charge in [-0.05, 0) is 37.3 Å². The normalized spacial score (nSPS) is 15.0. The molecule has 1 rings (SSSR count). The second kappa shape index (κ2) is 14.1. The monoisotopic (exact) mass is 438 g/mol. The van der Waals surface area contributed by atoms with Crippen LogP contribution in [0.25, 0.3) is 0 Å². The van der Waals surface area contributed by atoms with Gasteiger partial charge in [0, 0.05) is 6.42 Å². The lowest BCUT2D eigenvalue weighted by molar-refractivity contribution is -0.132. The number of rotatable bonds is 14. The van der Waals surface area contributed by atoms with Gasteiger partial charge in [-0.15, -0.1) is 11.6 Å². The van der Waals surface area contributed by atoms with Gasteiger partial charge in [0.15, 0.2) is 5.78 Å². The number of unbranched alkanes of at least 4 members (excludes halogenated alkanes) is 1. The summed E-state index contributed by atoms with van der Waals surface area (Å²) in [5.74, 6) is -1.29. The van der Waals surface area contributed by atoms with Crippen molar-refractivity contribution in [3.05, 3.63) is 35.9 Å². The number of nitrogens with two attached hydrogens (primary N) is 2. The highest BCUT2D eigenvalue weighted by atomic mass is 35.5. The van der Waals surface area contributed by atoms with Crippen molar-refractivity contribution in [2.45, 2.75) is 64.1 Å². The summed E-state index contributed by atoms with van der Waals surface area (Å²) in [6.07, 6.45) is 2.93. The van der Waals surface area contributed by atoms with Crippen LogP contribution in [-0.2, 0) is 20.8 Å². The molecule has 30 heavy (non-hydrogen) atoms. The van der Waals surface area contributed by atoms with E-state index in [0.29, 0.717) is 19.4 Å². The van der Waals surface area contributed by atoms with Crippen LogP contribution >= 0.6 is 11.6 Å². The summed E-state index contributed by atoms with van der Waals surface area (Å²) in [6.45, 7) is 4.36. The Bertz CT molecular complexity index is 672. The average molecular weight is 439 g/mol. The highest BCUT2D eigenvalue weighted by Gasteiger charge is 2.29. The van der Waals surface area contributed by atoms with Crippen molar-refractivity contribution in [3.8, 4) is 0 Å². The van der Waals surface area contributed by atoms with Crippen LogP contribution in [0.2, 0.25) is 0 Å². The first kappa shape index (κ1) is 26.1. The maximum Gasteiger partial charge on any atom is 0.243 e. The molecule has 0 aliphatic rings. The van der Waals surface area contributed by atoms with E-state index in [-0.39, 0.29) is 29.9 Å². The van der Waals surface area contributed by atoms with E-state index in [0.717, 1.165) is 18.4 Å². The first-order valence-electron chi connectivity index (χ1n) is 10.5. The van der Waals surface area contributed by atoms with Gasteiger partial charge in [-0.2, -0.15) is 0 Å². The highest BCUT2D eigenvalue weighted by Crippen LogP contribution is 2.09. The Morgan fingerprint density at radius 2 is 1.67 bits per heavy atom. The number of amides is 2. The predicted octanol–water partition coefficient (Wildman–Crippen LogP) is 1.51. The first-order valence-corrected chi connectivity index (χ1v) is 11.1. The molecule has 0 radical (unpaired) electrons. The SMILES string of the molecule is CCC(C)C(N)C(=O)NC(Cc1ccccc1)C(=O)NC(CCCCN)C(=O)CCl. The predicted molar refractivity (Wildman–Crippen MR) is 120 cm³/mol. The van der Waals surface area contributed by atoms with Crippen LogP contribution in [0.3, 0.4) is 0 Å². The van der Waals surface area contributed by atoms with E-state index in [4.69, 9.17) is 23.1 Å².